The van der Waals surface area contributed by atoms with E-state index in [0.29, 0.717) is 16.8 Å². The van der Waals surface area contributed by atoms with Crippen LogP contribution in [0.15, 0.2) is 35.2 Å². The summed E-state index contributed by atoms with van der Waals surface area (Å²) in [6, 6.07) is 9.86. The third-order valence-electron chi connectivity index (χ3n) is 2.41. The SMILES string of the molecule is CC(C)Cc1nnc(NC(=O)CSc2ccccc2)s1. The van der Waals surface area contributed by atoms with E-state index in [2.05, 4.69) is 29.4 Å². The molecule has 0 fully saturated rings. The largest absolute Gasteiger partial charge is 0.300 e. The molecular weight excluding hydrogens is 290 g/mol. The summed E-state index contributed by atoms with van der Waals surface area (Å²) in [5, 5.41) is 12.4. The number of rotatable bonds is 6. The van der Waals surface area contributed by atoms with Gasteiger partial charge in [0.25, 0.3) is 0 Å². The highest BCUT2D eigenvalue weighted by Crippen LogP contribution is 2.20. The maximum atomic E-state index is 11.8. The zero-order valence-corrected chi connectivity index (χ0v) is 13.1. The van der Waals surface area contributed by atoms with Crippen molar-refractivity contribution < 1.29 is 4.79 Å². The van der Waals surface area contributed by atoms with Gasteiger partial charge in [-0.15, -0.1) is 22.0 Å². The Morgan fingerprint density at radius 2 is 2.05 bits per heavy atom. The Hall–Kier alpha value is -1.40. The third-order valence-corrected chi connectivity index (χ3v) is 4.28. The monoisotopic (exact) mass is 307 g/mol. The zero-order chi connectivity index (χ0) is 14.4. The fraction of sp³-hybridized carbons (Fsp3) is 0.357. The van der Waals surface area contributed by atoms with E-state index in [4.69, 9.17) is 0 Å². The van der Waals surface area contributed by atoms with Crippen LogP contribution in [0.1, 0.15) is 18.9 Å². The average molecular weight is 307 g/mol. The molecule has 0 radical (unpaired) electrons. The van der Waals surface area contributed by atoms with Gasteiger partial charge in [0.15, 0.2) is 0 Å². The normalized spacial score (nSPS) is 10.8. The van der Waals surface area contributed by atoms with Crippen LogP contribution in [0.4, 0.5) is 5.13 Å². The lowest BCUT2D eigenvalue weighted by atomic mass is 10.1. The van der Waals surface area contributed by atoms with Crippen molar-refractivity contribution in [3.8, 4) is 0 Å². The second kappa shape index (κ2) is 7.40. The molecule has 0 aliphatic carbocycles. The second-order valence-electron chi connectivity index (χ2n) is 4.75. The topological polar surface area (TPSA) is 54.9 Å². The van der Waals surface area contributed by atoms with Crippen LogP contribution in [0, 0.1) is 5.92 Å². The Morgan fingerprint density at radius 3 is 2.75 bits per heavy atom. The predicted molar refractivity (Wildman–Crippen MR) is 84.2 cm³/mol. The Morgan fingerprint density at radius 1 is 1.30 bits per heavy atom. The van der Waals surface area contributed by atoms with Crippen molar-refractivity contribution in [3.05, 3.63) is 35.3 Å². The molecular formula is C14H17N3OS2. The first-order valence-corrected chi connectivity index (χ1v) is 8.24. The number of nitrogens with one attached hydrogen (secondary N) is 1. The van der Waals surface area contributed by atoms with Crippen molar-refractivity contribution in [1.29, 1.82) is 0 Å². The first-order chi connectivity index (χ1) is 9.63. The lowest BCUT2D eigenvalue weighted by molar-refractivity contribution is -0.113. The highest BCUT2D eigenvalue weighted by Gasteiger charge is 2.09. The molecule has 0 saturated carbocycles. The summed E-state index contributed by atoms with van der Waals surface area (Å²) in [5.74, 6) is 0.870. The highest BCUT2D eigenvalue weighted by atomic mass is 32.2. The molecule has 0 unspecified atom stereocenters. The number of anilines is 1. The lowest BCUT2D eigenvalue weighted by Gasteiger charge is -2.01. The van der Waals surface area contributed by atoms with Gasteiger partial charge in [0, 0.05) is 11.3 Å². The molecule has 0 aliphatic rings. The minimum atomic E-state index is -0.0499. The van der Waals surface area contributed by atoms with E-state index >= 15 is 0 Å². The van der Waals surface area contributed by atoms with Crippen molar-refractivity contribution in [2.45, 2.75) is 25.2 Å². The molecule has 2 aromatic rings. The smallest absolute Gasteiger partial charge is 0.236 e. The van der Waals surface area contributed by atoms with Gasteiger partial charge in [-0.1, -0.05) is 43.4 Å². The fourth-order valence-electron chi connectivity index (χ4n) is 1.56. The summed E-state index contributed by atoms with van der Waals surface area (Å²) >= 11 is 2.96. The Bertz CT molecular complexity index is 555. The van der Waals surface area contributed by atoms with Crippen LogP contribution in [0.25, 0.3) is 0 Å². The summed E-state index contributed by atoms with van der Waals surface area (Å²) < 4.78 is 0. The quantitative estimate of drug-likeness (QED) is 0.830. The fourth-order valence-corrected chi connectivity index (χ4v) is 3.24. The van der Waals surface area contributed by atoms with Gasteiger partial charge in [-0.25, -0.2) is 0 Å². The molecule has 0 atom stereocenters. The number of thioether (sulfide) groups is 1. The van der Waals surface area contributed by atoms with E-state index in [0.717, 1.165) is 16.3 Å². The summed E-state index contributed by atoms with van der Waals surface area (Å²) in [6.07, 6.45) is 0.895. The number of carbonyl (C=O) groups is 1. The van der Waals surface area contributed by atoms with E-state index in [1.54, 1.807) is 0 Å². The molecule has 1 heterocycles. The molecule has 20 heavy (non-hydrogen) atoms. The Balaban J connectivity index is 1.81. The maximum Gasteiger partial charge on any atom is 0.236 e. The van der Waals surface area contributed by atoms with Crippen molar-refractivity contribution >= 4 is 34.1 Å². The van der Waals surface area contributed by atoms with Gasteiger partial charge in [-0.3, -0.25) is 10.1 Å². The number of nitrogens with zero attached hydrogens (tertiary/aromatic N) is 2. The number of aromatic nitrogens is 2. The molecule has 0 spiro atoms. The van der Waals surface area contributed by atoms with Crippen LogP contribution in [0.5, 0.6) is 0 Å². The van der Waals surface area contributed by atoms with Crippen LogP contribution in [0.2, 0.25) is 0 Å². The lowest BCUT2D eigenvalue weighted by Crippen LogP contribution is -2.13. The van der Waals surface area contributed by atoms with Crippen LogP contribution >= 0.6 is 23.1 Å². The van der Waals surface area contributed by atoms with Crippen LogP contribution < -0.4 is 5.32 Å². The molecule has 106 valence electrons. The molecule has 4 nitrogen and oxygen atoms in total. The molecule has 1 aromatic carbocycles. The Labute approximate surface area is 127 Å². The van der Waals surface area contributed by atoms with Gasteiger partial charge in [-0.2, -0.15) is 0 Å². The van der Waals surface area contributed by atoms with Gasteiger partial charge in [-0.05, 0) is 18.1 Å². The molecule has 0 saturated heterocycles. The molecule has 0 aliphatic heterocycles. The van der Waals surface area contributed by atoms with Crippen LogP contribution in [0.3, 0.4) is 0 Å². The molecule has 6 heteroatoms. The van der Waals surface area contributed by atoms with E-state index in [1.165, 1.54) is 23.1 Å². The number of benzene rings is 1. The number of hydrogen-bond acceptors (Lipinski definition) is 5. The van der Waals surface area contributed by atoms with Gasteiger partial charge < -0.3 is 0 Å². The second-order valence-corrected chi connectivity index (χ2v) is 6.86. The standard InChI is InChI=1S/C14H17N3OS2/c1-10(2)8-13-16-17-14(20-13)15-12(18)9-19-11-6-4-3-5-7-11/h3-7,10H,8-9H2,1-2H3,(H,15,17,18). The molecule has 1 aromatic heterocycles. The Kier molecular flexibility index (Phi) is 5.55. The number of amides is 1. The van der Waals surface area contributed by atoms with Gasteiger partial charge in [0.05, 0.1) is 5.75 Å². The van der Waals surface area contributed by atoms with Gasteiger partial charge in [0.1, 0.15) is 5.01 Å². The first-order valence-electron chi connectivity index (χ1n) is 6.43. The van der Waals surface area contributed by atoms with Crippen molar-refractivity contribution in [3.63, 3.8) is 0 Å². The minimum absolute atomic E-state index is 0.0499. The van der Waals surface area contributed by atoms with E-state index in [-0.39, 0.29) is 5.91 Å². The van der Waals surface area contributed by atoms with Gasteiger partial charge in [0.2, 0.25) is 11.0 Å². The van der Waals surface area contributed by atoms with Crippen molar-refractivity contribution in [2.24, 2.45) is 5.92 Å². The third kappa shape index (κ3) is 4.94. The van der Waals surface area contributed by atoms with E-state index in [1.807, 2.05) is 30.3 Å². The van der Waals surface area contributed by atoms with E-state index in [9.17, 15) is 4.79 Å². The van der Waals surface area contributed by atoms with Crippen molar-refractivity contribution in [1.82, 2.24) is 10.2 Å². The van der Waals surface area contributed by atoms with Gasteiger partial charge >= 0.3 is 0 Å². The molecule has 1 amide bonds. The highest BCUT2D eigenvalue weighted by molar-refractivity contribution is 8.00. The maximum absolute atomic E-state index is 11.8. The minimum Gasteiger partial charge on any atom is -0.300 e. The summed E-state index contributed by atoms with van der Waals surface area (Å²) in [4.78, 5) is 12.9. The molecule has 2 rings (SSSR count). The molecule has 1 N–H and O–H groups in total. The van der Waals surface area contributed by atoms with Crippen molar-refractivity contribution in [2.75, 3.05) is 11.1 Å². The van der Waals surface area contributed by atoms with Crippen LogP contribution in [-0.4, -0.2) is 21.9 Å². The summed E-state index contributed by atoms with van der Waals surface area (Å²) in [6.45, 7) is 4.27. The summed E-state index contributed by atoms with van der Waals surface area (Å²) in [5.41, 5.74) is 0. The first kappa shape index (κ1) is 15.0. The number of carbonyl (C=O) groups excluding carboxylic acids is 1. The number of hydrogen-bond donors (Lipinski definition) is 1. The predicted octanol–water partition coefficient (Wildman–Crippen LogP) is 3.47. The van der Waals surface area contributed by atoms with Crippen LogP contribution in [-0.2, 0) is 11.2 Å². The molecule has 0 bridgehead atoms. The average Bonchev–Trinajstić information content (AvgIpc) is 2.84. The summed E-state index contributed by atoms with van der Waals surface area (Å²) in [7, 11) is 0. The van der Waals surface area contributed by atoms with E-state index < -0.39 is 0 Å². The zero-order valence-electron chi connectivity index (χ0n) is 11.5.